The maximum absolute atomic E-state index is 13.3. The summed E-state index contributed by atoms with van der Waals surface area (Å²) >= 11 is 0. The van der Waals surface area contributed by atoms with E-state index in [9.17, 15) is 4.79 Å². The molecule has 1 saturated heterocycles. The molecule has 3 heterocycles. The van der Waals surface area contributed by atoms with Gasteiger partial charge in [-0.3, -0.25) is 4.79 Å². The van der Waals surface area contributed by atoms with Crippen molar-refractivity contribution in [1.29, 1.82) is 0 Å². The van der Waals surface area contributed by atoms with Crippen LogP contribution >= 0.6 is 0 Å². The van der Waals surface area contributed by atoms with Gasteiger partial charge in [0, 0.05) is 43.5 Å². The Bertz CT molecular complexity index is 878. The number of aromatic nitrogens is 2. The van der Waals surface area contributed by atoms with E-state index in [1.165, 1.54) is 5.56 Å². The van der Waals surface area contributed by atoms with E-state index in [2.05, 4.69) is 16.4 Å². The summed E-state index contributed by atoms with van der Waals surface area (Å²) in [5.41, 5.74) is 4.55. The number of nitrogens with zero attached hydrogens (tertiary/aromatic N) is 3. The van der Waals surface area contributed by atoms with Crippen LogP contribution in [0.4, 0.5) is 0 Å². The number of rotatable bonds is 4. The van der Waals surface area contributed by atoms with Gasteiger partial charge in [-0.05, 0) is 63.3 Å². The van der Waals surface area contributed by atoms with Gasteiger partial charge in [-0.2, -0.15) is 0 Å². The van der Waals surface area contributed by atoms with Crippen LogP contribution in [0.3, 0.4) is 0 Å². The highest BCUT2D eigenvalue weighted by molar-refractivity contribution is 5.81. The number of amides is 1. The molecule has 0 unspecified atom stereocenters. The molecule has 1 aromatic carbocycles. The van der Waals surface area contributed by atoms with Crippen molar-refractivity contribution in [3.05, 3.63) is 52.6 Å². The third kappa shape index (κ3) is 4.42. The zero-order valence-electron chi connectivity index (χ0n) is 17.6. The molecule has 0 spiro atoms. The fourth-order valence-corrected chi connectivity index (χ4v) is 4.36. The van der Waals surface area contributed by atoms with Gasteiger partial charge in [0.05, 0.1) is 6.04 Å². The van der Waals surface area contributed by atoms with E-state index in [1.54, 1.807) is 0 Å². The second kappa shape index (κ2) is 8.49. The summed E-state index contributed by atoms with van der Waals surface area (Å²) < 4.78 is 6.03. The Morgan fingerprint density at radius 2 is 2.03 bits per heavy atom. The van der Waals surface area contributed by atoms with Crippen molar-refractivity contribution in [2.45, 2.75) is 65.1 Å². The van der Waals surface area contributed by atoms with Crippen LogP contribution < -0.4 is 10.1 Å². The van der Waals surface area contributed by atoms with Crippen molar-refractivity contribution in [3.8, 4) is 5.75 Å². The van der Waals surface area contributed by atoms with E-state index < -0.39 is 6.10 Å². The van der Waals surface area contributed by atoms with E-state index in [0.29, 0.717) is 0 Å². The van der Waals surface area contributed by atoms with E-state index in [4.69, 9.17) is 9.72 Å². The summed E-state index contributed by atoms with van der Waals surface area (Å²) in [5, 5.41) is 3.35. The molecule has 4 rings (SSSR count). The first-order valence-electron chi connectivity index (χ1n) is 10.6. The molecule has 29 heavy (non-hydrogen) atoms. The average Bonchev–Trinajstić information content (AvgIpc) is 2.72. The van der Waals surface area contributed by atoms with Gasteiger partial charge in [-0.25, -0.2) is 9.97 Å². The third-order valence-corrected chi connectivity index (χ3v) is 5.77. The molecular formula is C23H30N4O2. The quantitative estimate of drug-likeness (QED) is 0.862. The van der Waals surface area contributed by atoms with Gasteiger partial charge in [-0.1, -0.05) is 6.07 Å². The first-order chi connectivity index (χ1) is 14.0. The second-order valence-electron chi connectivity index (χ2n) is 8.25. The Morgan fingerprint density at radius 1 is 1.24 bits per heavy atom. The Kier molecular flexibility index (Phi) is 5.81. The highest BCUT2D eigenvalue weighted by Crippen LogP contribution is 2.30. The molecule has 154 valence electrons. The Morgan fingerprint density at radius 3 is 2.83 bits per heavy atom. The third-order valence-electron chi connectivity index (χ3n) is 5.77. The highest BCUT2D eigenvalue weighted by atomic mass is 16.5. The van der Waals surface area contributed by atoms with Crippen molar-refractivity contribution >= 4 is 5.91 Å². The van der Waals surface area contributed by atoms with Gasteiger partial charge in [0.2, 0.25) is 0 Å². The molecule has 2 aliphatic rings. The zero-order valence-corrected chi connectivity index (χ0v) is 17.6. The molecule has 2 atom stereocenters. The molecule has 2 aromatic rings. The molecule has 1 fully saturated rings. The molecule has 6 heteroatoms. The molecule has 1 aromatic heterocycles. The van der Waals surface area contributed by atoms with Crippen molar-refractivity contribution in [1.82, 2.24) is 20.2 Å². The van der Waals surface area contributed by atoms with Gasteiger partial charge in [0.15, 0.2) is 11.9 Å². The van der Waals surface area contributed by atoms with Gasteiger partial charge >= 0.3 is 0 Å². The lowest BCUT2D eigenvalue weighted by Gasteiger charge is -2.36. The lowest BCUT2D eigenvalue weighted by atomic mass is 10.00. The van der Waals surface area contributed by atoms with Crippen LogP contribution in [-0.4, -0.2) is 40.0 Å². The van der Waals surface area contributed by atoms with Gasteiger partial charge in [-0.15, -0.1) is 0 Å². The number of nitrogens with one attached hydrogen (secondary N) is 1. The van der Waals surface area contributed by atoms with Gasteiger partial charge in [0.25, 0.3) is 5.91 Å². The first kappa shape index (κ1) is 19.8. The van der Waals surface area contributed by atoms with Gasteiger partial charge in [0.1, 0.15) is 5.75 Å². The van der Waals surface area contributed by atoms with Crippen LogP contribution in [0.1, 0.15) is 60.4 Å². The number of fused-ring (bicyclic) bond motifs is 1. The lowest BCUT2D eigenvalue weighted by molar-refractivity contribution is -0.142. The molecule has 1 amide bonds. The summed E-state index contributed by atoms with van der Waals surface area (Å²) in [6.45, 7) is 8.41. The Labute approximate surface area is 172 Å². The summed E-state index contributed by atoms with van der Waals surface area (Å²) in [6, 6.07) is 5.99. The number of aryl methyl sites for hydroxylation is 2. The van der Waals surface area contributed by atoms with Crippen LogP contribution in [-0.2, 0) is 17.8 Å². The molecule has 0 bridgehead atoms. The number of hydrogen-bond acceptors (Lipinski definition) is 5. The van der Waals surface area contributed by atoms with Crippen LogP contribution in [0, 0.1) is 13.8 Å². The molecule has 2 aliphatic heterocycles. The number of benzene rings is 1. The smallest absolute Gasteiger partial charge is 0.263 e. The monoisotopic (exact) mass is 394 g/mol. The number of carbonyl (C=O) groups is 1. The fourth-order valence-electron chi connectivity index (χ4n) is 4.36. The van der Waals surface area contributed by atoms with Crippen LogP contribution in [0.25, 0.3) is 0 Å². The molecule has 0 aliphatic carbocycles. The Balaban J connectivity index is 1.52. The molecule has 6 nitrogen and oxygen atoms in total. The van der Waals surface area contributed by atoms with Crippen molar-refractivity contribution in [3.63, 3.8) is 0 Å². The van der Waals surface area contributed by atoms with Crippen molar-refractivity contribution < 1.29 is 9.53 Å². The predicted octanol–water partition coefficient (Wildman–Crippen LogP) is 3.26. The predicted molar refractivity (Wildman–Crippen MR) is 112 cm³/mol. The van der Waals surface area contributed by atoms with E-state index in [1.807, 2.05) is 44.0 Å². The number of carbonyl (C=O) groups excluding carboxylic acids is 1. The zero-order chi connectivity index (χ0) is 20.4. The normalized spacial score (nSPS) is 20.1. The largest absolute Gasteiger partial charge is 0.481 e. The fraction of sp³-hybridized carbons (Fsp3) is 0.522. The number of likely N-dealkylation sites (tertiary alicyclic amines) is 1. The lowest BCUT2D eigenvalue weighted by Crippen LogP contribution is -2.45. The van der Waals surface area contributed by atoms with Crippen LogP contribution in [0.15, 0.2) is 24.4 Å². The summed E-state index contributed by atoms with van der Waals surface area (Å²) in [6.07, 6.45) is 5.29. The SMILES string of the molecule is Cc1cc(C)cc(O[C@H](C)C(=O)N2CCCC[C@@H]2c2ncc3c(n2)CCNC3)c1. The number of hydrogen-bond donors (Lipinski definition) is 1. The number of ether oxygens (including phenoxy) is 1. The summed E-state index contributed by atoms with van der Waals surface area (Å²) in [5.74, 6) is 1.53. The van der Waals surface area contributed by atoms with Crippen LogP contribution in [0.5, 0.6) is 5.75 Å². The van der Waals surface area contributed by atoms with Crippen LogP contribution in [0.2, 0.25) is 0 Å². The first-order valence-corrected chi connectivity index (χ1v) is 10.6. The molecule has 0 saturated carbocycles. The van der Waals surface area contributed by atoms with Crippen molar-refractivity contribution in [2.75, 3.05) is 13.1 Å². The summed E-state index contributed by atoms with van der Waals surface area (Å²) in [4.78, 5) is 24.7. The average molecular weight is 395 g/mol. The minimum absolute atomic E-state index is 0.0110. The molecule has 0 radical (unpaired) electrons. The maximum Gasteiger partial charge on any atom is 0.263 e. The topological polar surface area (TPSA) is 67.3 Å². The highest BCUT2D eigenvalue weighted by Gasteiger charge is 2.33. The van der Waals surface area contributed by atoms with Gasteiger partial charge < -0.3 is 15.0 Å². The van der Waals surface area contributed by atoms with E-state index in [-0.39, 0.29) is 11.9 Å². The maximum atomic E-state index is 13.3. The second-order valence-corrected chi connectivity index (χ2v) is 8.25. The van der Waals surface area contributed by atoms with E-state index >= 15 is 0 Å². The molecular weight excluding hydrogens is 364 g/mol. The Hall–Kier alpha value is -2.47. The van der Waals surface area contributed by atoms with Crippen molar-refractivity contribution in [2.24, 2.45) is 0 Å². The standard InChI is InChI=1S/C23H30N4O2/c1-15-10-16(2)12-19(11-15)29-17(3)23(28)27-9-5-4-6-21(27)22-25-14-18-13-24-8-7-20(18)26-22/h10-12,14,17,21,24H,4-9,13H2,1-3H3/t17-,21-/m1/s1. The number of piperidine rings is 1. The summed E-state index contributed by atoms with van der Waals surface area (Å²) in [7, 11) is 0. The molecule has 1 N–H and O–H groups in total. The van der Waals surface area contributed by atoms with E-state index in [0.717, 1.165) is 73.7 Å². The minimum atomic E-state index is -0.543. The minimum Gasteiger partial charge on any atom is -0.481 e.